The van der Waals surface area contributed by atoms with Crippen molar-refractivity contribution >= 4 is 11.6 Å². The molecule has 1 aromatic carbocycles. The fourth-order valence-corrected chi connectivity index (χ4v) is 2.66. The van der Waals surface area contributed by atoms with Crippen LogP contribution in [0.3, 0.4) is 0 Å². The first kappa shape index (κ1) is 10.2. The molecule has 1 aliphatic carbocycles. The van der Waals surface area contributed by atoms with Crippen LogP contribution in [-0.2, 0) is 5.41 Å². The van der Waals surface area contributed by atoms with Crippen molar-refractivity contribution in [2.24, 2.45) is 5.73 Å². The summed E-state index contributed by atoms with van der Waals surface area (Å²) < 4.78 is 10.9. The van der Waals surface area contributed by atoms with Crippen molar-refractivity contribution in [1.29, 1.82) is 0 Å². The molecule has 0 radical (unpaired) electrons. The number of ether oxygens (including phenoxy) is 2. The van der Waals surface area contributed by atoms with Crippen molar-refractivity contribution in [1.82, 2.24) is 0 Å². The summed E-state index contributed by atoms with van der Waals surface area (Å²) in [6, 6.07) is 4.01. The topological polar surface area (TPSA) is 44.5 Å². The fraction of sp³-hybridized carbons (Fsp3) is 0.500. The van der Waals surface area contributed by atoms with E-state index in [-0.39, 0.29) is 18.2 Å². The molecule has 1 heterocycles. The lowest BCUT2D eigenvalue weighted by molar-refractivity contribution is 0.172. The average molecular weight is 240 g/mol. The van der Waals surface area contributed by atoms with E-state index in [4.69, 9.17) is 26.8 Å². The summed E-state index contributed by atoms with van der Waals surface area (Å²) in [5, 5.41) is 0.608. The van der Waals surface area contributed by atoms with Crippen LogP contribution in [0.5, 0.6) is 11.5 Å². The molecule has 0 amide bonds. The van der Waals surface area contributed by atoms with Gasteiger partial charge in [-0.15, -0.1) is 0 Å². The van der Waals surface area contributed by atoms with Gasteiger partial charge in [-0.05, 0) is 25.8 Å². The highest BCUT2D eigenvalue weighted by Gasteiger charge is 2.50. The Bertz CT molecular complexity index is 441. The van der Waals surface area contributed by atoms with E-state index in [1.54, 1.807) is 0 Å². The number of rotatable bonds is 2. The monoisotopic (exact) mass is 239 g/mol. The zero-order valence-electron chi connectivity index (χ0n) is 9.13. The standard InChI is InChI=1S/C12H14ClNO2/c1-7(14)12(4-5-12)8-2-3-9(13)11-10(8)15-6-16-11/h2-3,7H,4-6,14H2,1H3. The summed E-state index contributed by atoms with van der Waals surface area (Å²) in [5.74, 6) is 1.47. The third kappa shape index (κ3) is 1.25. The number of hydrogen-bond donors (Lipinski definition) is 1. The van der Waals surface area contributed by atoms with Gasteiger partial charge in [0.2, 0.25) is 6.79 Å². The molecule has 1 atom stereocenters. The highest BCUT2D eigenvalue weighted by Crippen LogP contribution is 2.56. The quantitative estimate of drug-likeness (QED) is 0.862. The molecule has 1 aromatic rings. The molecule has 0 aromatic heterocycles. The lowest BCUT2D eigenvalue weighted by atomic mass is 9.88. The first-order valence-corrected chi connectivity index (χ1v) is 5.87. The van der Waals surface area contributed by atoms with Gasteiger partial charge in [0.25, 0.3) is 0 Å². The Labute approximate surface area is 99.5 Å². The van der Waals surface area contributed by atoms with Gasteiger partial charge in [-0.25, -0.2) is 0 Å². The predicted molar refractivity (Wildman–Crippen MR) is 62.1 cm³/mol. The van der Waals surface area contributed by atoms with E-state index in [1.165, 1.54) is 0 Å². The van der Waals surface area contributed by atoms with Gasteiger partial charge in [0.15, 0.2) is 11.5 Å². The van der Waals surface area contributed by atoms with Crippen LogP contribution in [0.4, 0.5) is 0 Å². The lowest BCUT2D eigenvalue weighted by Crippen LogP contribution is -2.31. The largest absolute Gasteiger partial charge is 0.453 e. The summed E-state index contributed by atoms with van der Waals surface area (Å²) in [6.07, 6.45) is 2.23. The number of halogens is 1. The average Bonchev–Trinajstić information content (AvgIpc) is 2.90. The number of nitrogens with two attached hydrogens (primary N) is 1. The van der Waals surface area contributed by atoms with Crippen LogP contribution in [0.15, 0.2) is 12.1 Å². The normalized spacial score (nSPS) is 21.9. The Hall–Kier alpha value is -0.930. The van der Waals surface area contributed by atoms with Crippen LogP contribution in [0.1, 0.15) is 25.3 Å². The van der Waals surface area contributed by atoms with E-state index in [0.717, 1.165) is 24.2 Å². The Balaban J connectivity index is 2.13. The molecule has 0 bridgehead atoms. The molecule has 16 heavy (non-hydrogen) atoms. The summed E-state index contributed by atoms with van der Waals surface area (Å²) in [7, 11) is 0. The van der Waals surface area contributed by atoms with E-state index in [9.17, 15) is 0 Å². The third-order valence-electron chi connectivity index (χ3n) is 3.67. The maximum Gasteiger partial charge on any atom is 0.231 e. The second-order valence-corrected chi connectivity index (χ2v) is 5.01. The summed E-state index contributed by atoms with van der Waals surface area (Å²) in [6.45, 7) is 2.30. The van der Waals surface area contributed by atoms with Crippen molar-refractivity contribution < 1.29 is 9.47 Å². The molecule has 0 saturated heterocycles. The van der Waals surface area contributed by atoms with Gasteiger partial charge < -0.3 is 15.2 Å². The van der Waals surface area contributed by atoms with Crippen molar-refractivity contribution in [2.75, 3.05) is 6.79 Å². The summed E-state index contributed by atoms with van der Waals surface area (Å²) >= 11 is 6.06. The molecule has 1 unspecified atom stereocenters. The first-order chi connectivity index (χ1) is 7.65. The Kier molecular flexibility index (Phi) is 2.10. The van der Waals surface area contributed by atoms with Crippen molar-refractivity contribution in [3.63, 3.8) is 0 Å². The van der Waals surface area contributed by atoms with Crippen molar-refractivity contribution in [3.8, 4) is 11.5 Å². The Morgan fingerprint density at radius 1 is 1.31 bits per heavy atom. The van der Waals surface area contributed by atoms with Gasteiger partial charge in [0.1, 0.15) is 0 Å². The maximum absolute atomic E-state index is 6.07. The van der Waals surface area contributed by atoms with Crippen LogP contribution in [0.25, 0.3) is 0 Å². The minimum atomic E-state index is 0.0718. The highest BCUT2D eigenvalue weighted by molar-refractivity contribution is 6.32. The molecule has 86 valence electrons. The second-order valence-electron chi connectivity index (χ2n) is 4.60. The van der Waals surface area contributed by atoms with Gasteiger partial charge in [0.05, 0.1) is 5.02 Å². The molecule has 1 aliphatic heterocycles. The smallest absolute Gasteiger partial charge is 0.231 e. The van der Waals surface area contributed by atoms with Crippen LogP contribution in [-0.4, -0.2) is 12.8 Å². The van der Waals surface area contributed by atoms with Crippen LogP contribution >= 0.6 is 11.6 Å². The first-order valence-electron chi connectivity index (χ1n) is 5.49. The molecule has 3 nitrogen and oxygen atoms in total. The summed E-state index contributed by atoms with van der Waals surface area (Å²) in [4.78, 5) is 0. The molecule has 4 heteroatoms. The van der Waals surface area contributed by atoms with Crippen molar-refractivity contribution in [2.45, 2.75) is 31.2 Å². The molecule has 2 aliphatic rings. The van der Waals surface area contributed by atoms with E-state index in [2.05, 4.69) is 0 Å². The van der Waals surface area contributed by atoms with Crippen LogP contribution < -0.4 is 15.2 Å². The number of benzene rings is 1. The van der Waals surface area contributed by atoms with Gasteiger partial charge >= 0.3 is 0 Å². The fourth-order valence-electron chi connectivity index (χ4n) is 2.46. The zero-order chi connectivity index (χ0) is 11.3. The van der Waals surface area contributed by atoms with E-state index in [0.29, 0.717) is 10.8 Å². The second kappa shape index (κ2) is 3.28. The van der Waals surface area contributed by atoms with Crippen LogP contribution in [0.2, 0.25) is 5.02 Å². The van der Waals surface area contributed by atoms with Gasteiger partial charge in [0, 0.05) is 17.0 Å². The minimum absolute atomic E-state index is 0.0718. The number of fused-ring (bicyclic) bond motifs is 1. The van der Waals surface area contributed by atoms with Gasteiger partial charge in [-0.1, -0.05) is 17.7 Å². The van der Waals surface area contributed by atoms with Gasteiger partial charge in [-0.3, -0.25) is 0 Å². The molecule has 0 spiro atoms. The predicted octanol–water partition coefficient (Wildman–Crippen LogP) is 2.45. The minimum Gasteiger partial charge on any atom is -0.453 e. The van der Waals surface area contributed by atoms with Crippen LogP contribution in [0, 0.1) is 0 Å². The number of hydrogen-bond acceptors (Lipinski definition) is 3. The summed E-state index contributed by atoms with van der Waals surface area (Å²) in [5.41, 5.74) is 7.29. The SMILES string of the molecule is CC(N)C1(c2ccc(Cl)c3c2OCO3)CC1. The highest BCUT2D eigenvalue weighted by atomic mass is 35.5. The van der Waals surface area contributed by atoms with E-state index < -0.39 is 0 Å². The molecule has 1 fully saturated rings. The molecule has 2 N–H and O–H groups in total. The lowest BCUT2D eigenvalue weighted by Gasteiger charge is -2.21. The molecular weight excluding hydrogens is 226 g/mol. The van der Waals surface area contributed by atoms with Gasteiger partial charge in [-0.2, -0.15) is 0 Å². The maximum atomic E-state index is 6.07. The molecule has 3 rings (SSSR count). The van der Waals surface area contributed by atoms with E-state index in [1.807, 2.05) is 19.1 Å². The molecular formula is C12H14ClNO2. The molecule has 1 saturated carbocycles. The van der Waals surface area contributed by atoms with Crippen molar-refractivity contribution in [3.05, 3.63) is 22.7 Å². The van der Waals surface area contributed by atoms with E-state index >= 15 is 0 Å². The zero-order valence-corrected chi connectivity index (χ0v) is 9.88. The Morgan fingerprint density at radius 3 is 2.62 bits per heavy atom. The third-order valence-corrected chi connectivity index (χ3v) is 3.96. The Morgan fingerprint density at radius 2 is 2.00 bits per heavy atom.